The average molecular weight is 511 g/mol. The molecule has 0 amide bonds. The van der Waals surface area contributed by atoms with Gasteiger partial charge in [0.1, 0.15) is 15.6 Å². The molecule has 2 N–H and O–H groups in total. The molecule has 1 unspecified atom stereocenters. The van der Waals surface area contributed by atoms with Crippen LogP contribution in [0.2, 0.25) is 0 Å². The van der Waals surface area contributed by atoms with E-state index in [9.17, 15) is 8.42 Å². The van der Waals surface area contributed by atoms with Crippen molar-refractivity contribution in [1.29, 1.82) is 0 Å². The molecule has 0 bridgehead atoms. The molecule has 1 rings (SSSR count). The van der Waals surface area contributed by atoms with Crippen molar-refractivity contribution in [2.24, 2.45) is 4.99 Å². The quantitative estimate of drug-likeness (QED) is 0.303. The van der Waals surface area contributed by atoms with Gasteiger partial charge in [0.05, 0.1) is 19.4 Å². The highest BCUT2D eigenvalue weighted by molar-refractivity contribution is 14.0. The highest BCUT2D eigenvalue weighted by atomic mass is 127. The average Bonchev–Trinajstić information content (AvgIpc) is 2.57. The monoisotopic (exact) mass is 511 g/mol. The lowest BCUT2D eigenvalue weighted by Crippen LogP contribution is -2.43. The molecule has 1 atom stereocenters. The molecule has 8 heteroatoms. The van der Waals surface area contributed by atoms with Crippen molar-refractivity contribution in [3.8, 4) is 5.75 Å². The summed E-state index contributed by atoms with van der Waals surface area (Å²) in [7, 11) is -1.30. The Hall–Kier alpha value is -1.03. The van der Waals surface area contributed by atoms with Crippen molar-refractivity contribution in [2.45, 2.75) is 45.6 Å². The fourth-order valence-corrected chi connectivity index (χ4v) is 3.21. The molecule has 0 aliphatic carbocycles. The second-order valence-electron chi connectivity index (χ2n) is 7.27. The van der Waals surface area contributed by atoms with Crippen molar-refractivity contribution in [2.75, 3.05) is 32.2 Å². The summed E-state index contributed by atoms with van der Waals surface area (Å²) >= 11 is 0. The highest BCUT2D eigenvalue weighted by Gasteiger charge is 2.21. The summed E-state index contributed by atoms with van der Waals surface area (Å²) in [6.07, 6.45) is 1.81. The minimum absolute atomic E-state index is 0. The first-order valence-corrected chi connectivity index (χ1v) is 11.0. The number of ether oxygens (including phenoxy) is 1. The molecular weight excluding hydrogens is 477 g/mol. The largest absolute Gasteiger partial charge is 0.497 e. The molecule has 1 aromatic rings. The van der Waals surface area contributed by atoms with Crippen LogP contribution < -0.4 is 15.4 Å². The number of guanidine groups is 1. The van der Waals surface area contributed by atoms with Crippen LogP contribution in [0.15, 0.2) is 29.3 Å². The number of hydrogen-bond acceptors (Lipinski definition) is 4. The van der Waals surface area contributed by atoms with Gasteiger partial charge in [0.15, 0.2) is 5.96 Å². The number of methoxy groups -OCH3 is 1. The fourth-order valence-electron chi connectivity index (χ4n) is 2.43. The Morgan fingerprint density at radius 2 is 1.85 bits per heavy atom. The smallest absolute Gasteiger partial charge is 0.191 e. The van der Waals surface area contributed by atoms with Gasteiger partial charge in [-0.2, -0.15) is 0 Å². The normalized spacial score (nSPS) is 13.5. The van der Waals surface area contributed by atoms with Crippen LogP contribution in [-0.2, 0) is 15.3 Å². The van der Waals surface area contributed by atoms with E-state index in [2.05, 4.69) is 36.6 Å². The molecule has 0 aromatic heterocycles. The van der Waals surface area contributed by atoms with Crippen molar-refractivity contribution < 1.29 is 13.2 Å². The fraction of sp³-hybridized carbons (Fsp3) is 0.632. The van der Waals surface area contributed by atoms with E-state index in [-0.39, 0.29) is 41.2 Å². The minimum Gasteiger partial charge on any atom is -0.497 e. The van der Waals surface area contributed by atoms with Gasteiger partial charge in [-0.3, -0.25) is 4.99 Å². The maximum Gasteiger partial charge on any atom is 0.191 e. The van der Waals surface area contributed by atoms with Crippen molar-refractivity contribution >= 4 is 39.8 Å². The molecule has 1 aromatic carbocycles. The summed E-state index contributed by atoms with van der Waals surface area (Å²) in [5.41, 5.74) is 1.05. The first-order valence-electron chi connectivity index (χ1n) is 8.94. The molecule has 27 heavy (non-hydrogen) atoms. The summed E-state index contributed by atoms with van der Waals surface area (Å²) in [5.74, 6) is 1.70. The Bertz CT molecular complexity index is 689. The van der Waals surface area contributed by atoms with Crippen molar-refractivity contribution in [3.63, 3.8) is 0 Å². The lowest BCUT2D eigenvalue weighted by atomic mass is 9.85. The van der Waals surface area contributed by atoms with Crippen LogP contribution in [-0.4, -0.2) is 52.6 Å². The molecule has 0 aliphatic heterocycles. The maximum absolute atomic E-state index is 11.3. The number of halogens is 1. The van der Waals surface area contributed by atoms with Crippen molar-refractivity contribution in [3.05, 3.63) is 29.8 Å². The van der Waals surface area contributed by atoms with E-state index in [1.54, 1.807) is 7.11 Å². The molecule has 6 nitrogen and oxygen atoms in total. The molecule has 0 saturated carbocycles. The molecule has 0 radical (unpaired) electrons. The number of aliphatic imine (C=N–C) groups is 1. The van der Waals surface area contributed by atoms with E-state index in [4.69, 9.17) is 9.73 Å². The van der Waals surface area contributed by atoms with Crippen LogP contribution >= 0.6 is 24.0 Å². The molecule has 156 valence electrons. The molecule has 0 fully saturated rings. The van der Waals surface area contributed by atoms with E-state index in [1.165, 1.54) is 11.8 Å². The lowest BCUT2D eigenvalue weighted by Gasteiger charge is -2.25. The van der Waals surface area contributed by atoms with E-state index in [0.717, 1.165) is 12.3 Å². The van der Waals surface area contributed by atoms with Gasteiger partial charge in [0.2, 0.25) is 0 Å². The van der Waals surface area contributed by atoms with Crippen LogP contribution in [0.1, 0.15) is 39.7 Å². The summed E-state index contributed by atoms with van der Waals surface area (Å²) in [5, 5.41) is 6.51. The number of rotatable bonds is 9. The number of benzene rings is 1. The zero-order valence-corrected chi connectivity index (χ0v) is 20.4. The van der Waals surface area contributed by atoms with Gasteiger partial charge < -0.3 is 15.4 Å². The second-order valence-corrected chi connectivity index (χ2v) is 9.53. The molecule has 0 heterocycles. The van der Waals surface area contributed by atoms with Gasteiger partial charge in [-0.05, 0) is 38.0 Å². The second kappa shape index (κ2) is 11.7. The lowest BCUT2D eigenvalue weighted by molar-refractivity contribution is 0.414. The molecule has 0 spiro atoms. The topological polar surface area (TPSA) is 79.8 Å². The number of sulfone groups is 1. The molecular formula is C19H34IN3O3S. The van der Waals surface area contributed by atoms with Gasteiger partial charge in [0, 0.05) is 24.3 Å². The minimum atomic E-state index is -2.96. The van der Waals surface area contributed by atoms with Crippen LogP contribution in [0.25, 0.3) is 0 Å². The summed E-state index contributed by atoms with van der Waals surface area (Å²) in [6.45, 7) is 9.62. The zero-order valence-electron chi connectivity index (χ0n) is 17.2. The first kappa shape index (κ1) is 26.0. The Morgan fingerprint density at radius 3 is 2.33 bits per heavy atom. The van der Waals surface area contributed by atoms with Crippen LogP contribution in [0, 0.1) is 0 Å². The van der Waals surface area contributed by atoms with Gasteiger partial charge in [-0.1, -0.05) is 26.0 Å². The Balaban J connectivity index is 0.00000676. The van der Waals surface area contributed by atoms with E-state index >= 15 is 0 Å². The van der Waals surface area contributed by atoms with E-state index < -0.39 is 9.84 Å². The Morgan fingerprint density at radius 1 is 1.26 bits per heavy atom. The van der Waals surface area contributed by atoms with E-state index in [1.807, 2.05) is 26.0 Å². The Kier molecular flexibility index (Phi) is 11.3. The van der Waals surface area contributed by atoms with Gasteiger partial charge in [0.25, 0.3) is 0 Å². The summed E-state index contributed by atoms with van der Waals surface area (Å²) in [4.78, 5) is 4.70. The van der Waals surface area contributed by atoms with E-state index in [0.29, 0.717) is 18.9 Å². The summed E-state index contributed by atoms with van der Waals surface area (Å²) < 4.78 is 27.9. The third kappa shape index (κ3) is 10.2. The Labute approximate surface area is 181 Å². The number of hydrogen-bond donors (Lipinski definition) is 2. The predicted octanol–water partition coefficient (Wildman–Crippen LogP) is 2.97. The predicted molar refractivity (Wildman–Crippen MR) is 124 cm³/mol. The SMILES string of the molecule is CCNC(=NCC(C)(C)c1ccc(OC)cc1)NC(C)CCS(C)(=O)=O.I. The number of nitrogens with one attached hydrogen (secondary N) is 2. The van der Waals surface area contributed by atoms with Gasteiger partial charge in [-0.25, -0.2) is 8.42 Å². The number of nitrogens with zero attached hydrogens (tertiary/aromatic N) is 1. The van der Waals surface area contributed by atoms with Gasteiger partial charge in [-0.15, -0.1) is 24.0 Å². The zero-order chi connectivity index (χ0) is 19.8. The summed E-state index contributed by atoms with van der Waals surface area (Å²) in [6, 6.07) is 8.05. The third-order valence-electron chi connectivity index (χ3n) is 4.15. The third-order valence-corrected chi connectivity index (χ3v) is 5.13. The van der Waals surface area contributed by atoms with Crippen LogP contribution in [0.5, 0.6) is 5.75 Å². The highest BCUT2D eigenvalue weighted by Crippen LogP contribution is 2.25. The standard InChI is InChI=1S/C19H33N3O3S.HI/c1-7-20-18(22-15(2)12-13-26(6,23)24)21-14-19(3,4)16-8-10-17(25-5)11-9-16;/h8-11,15H,7,12-14H2,1-6H3,(H2,20,21,22);1H. The first-order chi connectivity index (χ1) is 12.1. The van der Waals surface area contributed by atoms with Crippen LogP contribution in [0.3, 0.4) is 0 Å². The van der Waals surface area contributed by atoms with Gasteiger partial charge >= 0.3 is 0 Å². The maximum atomic E-state index is 11.3. The van der Waals surface area contributed by atoms with Crippen LogP contribution in [0.4, 0.5) is 0 Å². The molecule has 0 saturated heterocycles. The molecule has 0 aliphatic rings. The van der Waals surface area contributed by atoms with Crippen molar-refractivity contribution in [1.82, 2.24) is 10.6 Å².